The topological polar surface area (TPSA) is 61.8 Å². The second kappa shape index (κ2) is 12.1. The van der Waals surface area contributed by atoms with E-state index in [0.29, 0.717) is 0 Å². The first-order valence-electron chi connectivity index (χ1n) is 8.69. The van der Waals surface area contributed by atoms with Crippen LogP contribution in [0.2, 0.25) is 0 Å². The van der Waals surface area contributed by atoms with Gasteiger partial charge in [0.25, 0.3) is 0 Å². The fraction of sp³-hybridized carbons (Fsp3) is 0.474. The highest BCUT2D eigenvalue weighted by Gasteiger charge is 2.14. The van der Waals surface area contributed by atoms with Crippen LogP contribution in [0.5, 0.6) is 5.75 Å². The number of aryl methyl sites for hydroxylation is 1. The maximum atomic E-state index is 5.24. The van der Waals surface area contributed by atoms with Gasteiger partial charge in [-0.25, -0.2) is 4.98 Å². The molecular formula is C19H30IN5OS. The number of nitrogens with one attached hydrogen (secondary N) is 2. The first kappa shape index (κ1) is 23.6. The van der Waals surface area contributed by atoms with Crippen LogP contribution < -0.4 is 15.4 Å². The minimum atomic E-state index is 0. The summed E-state index contributed by atoms with van der Waals surface area (Å²) in [5, 5.41) is 7.92. The van der Waals surface area contributed by atoms with E-state index in [1.165, 1.54) is 10.4 Å². The van der Waals surface area contributed by atoms with E-state index in [-0.39, 0.29) is 30.0 Å². The van der Waals surface area contributed by atoms with Gasteiger partial charge in [0.05, 0.1) is 18.2 Å². The Bertz CT molecular complexity index is 702. The van der Waals surface area contributed by atoms with Crippen LogP contribution in [0, 0.1) is 6.92 Å². The van der Waals surface area contributed by atoms with Crippen LogP contribution in [-0.2, 0) is 6.42 Å². The van der Waals surface area contributed by atoms with Gasteiger partial charge in [0.2, 0.25) is 0 Å². The minimum Gasteiger partial charge on any atom is -0.497 e. The van der Waals surface area contributed by atoms with E-state index < -0.39 is 0 Å². The molecule has 1 aromatic heterocycles. The Morgan fingerprint density at radius 2 is 1.96 bits per heavy atom. The average Bonchev–Trinajstić information content (AvgIpc) is 3.05. The lowest BCUT2D eigenvalue weighted by Gasteiger charge is -2.26. The molecule has 0 saturated carbocycles. The maximum Gasteiger partial charge on any atom is 0.191 e. The molecule has 0 saturated heterocycles. The summed E-state index contributed by atoms with van der Waals surface area (Å²) in [6, 6.07) is 8.43. The van der Waals surface area contributed by atoms with Crippen molar-refractivity contribution >= 4 is 41.3 Å². The first-order valence-corrected chi connectivity index (χ1v) is 9.51. The minimum absolute atomic E-state index is 0. The summed E-state index contributed by atoms with van der Waals surface area (Å²) in [4.78, 5) is 12.1. The van der Waals surface area contributed by atoms with Crippen molar-refractivity contribution in [2.45, 2.75) is 19.4 Å². The second-order valence-corrected chi connectivity index (χ2v) is 7.57. The monoisotopic (exact) mass is 503 g/mol. The largest absolute Gasteiger partial charge is 0.497 e. The van der Waals surface area contributed by atoms with E-state index in [9.17, 15) is 0 Å². The standard InChI is InChI=1S/C19H29N5OS.HI/c1-14-12-22-18(26-14)10-11-21-19(20-2)23-13-17(24(3)4)15-6-8-16(25-5)9-7-15;/h6-9,12,17H,10-11,13H2,1-5H3,(H2,20,21,23);1H. The van der Waals surface area contributed by atoms with Crippen LogP contribution in [0.25, 0.3) is 0 Å². The van der Waals surface area contributed by atoms with Crippen LogP contribution in [-0.4, -0.2) is 57.2 Å². The smallest absolute Gasteiger partial charge is 0.191 e. The summed E-state index contributed by atoms with van der Waals surface area (Å²) in [6.07, 6.45) is 2.82. The molecule has 1 atom stereocenters. The summed E-state index contributed by atoms with van der Waals surface area (Å²) >= 11 is 1.74. The van der Waals surface area contributed by atoms with Crippen molar-refractivity contribution in [1.82, 2.24) is 20.5 Å². The van der Waals surface area contributed by atoms with Gasteiger partial charge in [-0.1, -0.05) is 12.1 Å². The van der Waals surface area contributed by atoms with Crippen molar-refractivity contribution in [2.75, 3.05) is 41.3 Å². The fourth-order valence-corrected chi connectivity index (χ4v) is 3.43. The van der Waals surface area contributed by atoms with Gasteiger partial charge in [-0.05, 0) is 38.7 Å². The van der Waals surface area contributed by atoms with Crippen LogP contribution in [0.4, 0.5) is 0 Å². The third kappa shape index (κ3) is 7.63. The zero-order valence-corrected chi connectivity index (χ0v) is 19.8. The number of benzene rings is 1. The Labute approximate surface area is 183 Å². The third-order valence-corrected chi connectivity index (χ3v) is 5.08. The fourth-order valence-electron chi connectivity index (χ4n) is 2.64. The van der Waals surface area contributed by atoms with Crippen molar-refractivity contribution in [3.8, 4) is 5.75 Å². The molecule has 8 heteroatoms. The third-order valence-electron chi connectivity index (χ3n) is 4.11. The molecule has 1 aromatic carbocycles. The predicted octanol–water partition coefficient (Wildman–Crippen LogP) is 3.09. The van der Waals surface area contributed by atoms with Gasteiger partial charge in [0.15, 0.2) is 5.96 Å². The van der Waals surface area contributed by atoms with Gasteiger partial charge in [-0.2, -0.15) is 0 Å². The lowest BCUT2D eigenvalue weighted by molar-refractivity contribution is 0.298. The molecule has 0 amide bonds. The number of nitrogens with zero attached hydrogens (tertiary/aromatic N) is 3. The summed E-state index contributed by atoms with van der Waals surface area (Å²) < 4.78 is 5.24. The molecule has 0 fully saturated rings. The summed E-state index contributed by atoms with van der Waals surface area (Å²) in [7, 11) is 7.64. The van der Waals surface area contributed by atoms with E-state index in [0.717, 1.165) is 36.2 Å². The Morgan fingerprint density at radius 1 is 1.26 bits per heavy atom. The Hall–Kier alpha value is -1.39. The molecule has 2 N–H and O–H groups in total. The normalized spacial score (nSPS) is 12.4. The van der Waals surface area contributed by atoms with Gasteiger partial charge in [-0.15, -0.1) is 35.3 Å². The predicted molar refractivity (Wildman–Crippen MR) is 125 cm³/mol. The summed E-state index contributed by atoms with van der Waals surface area (Å²) in [5.41, 5.74) is 1.23. The molecular weight excluding hydrogens is 473 g/mol. The van der Waals surface area contributed by atoms with Gasteiger partial charge in [-0.3, -0.25) is 4.99 Å². The van der Waals surface area contributed by atoms with E-state index >= 15 is 0 Å². The number of ether oxygens (including phenoxy) is 1. The highest BCUT2D eigenvalue weighted by molar-refractivity contribution is 14.0. The van der Waals surface area contributed by atoms with E-state index in [4.69, 9.17) is 4.74 Å². The molecule has 0 bridgehead atoms. The SMILES string of the molecule is CN=C(NCCc1ncc(C)s1)NCC(c1ccc(OC)cc1)N(C)C.I. The van der Waals surface area contributed by atoms with Gasteiger partial charge < -0.3 is 20.3 Å². The highest BCUT2D eigenvalue weighted by atomic mass is 127. The Balaban J connectivity index is 0.00000364. The Morgan fingerprint density at radius 3 is 2.48 bits per heavy atom. The number of halogens is 1. The van der Waals surface area contributed by atoms with Crippen molar-refractivity contribution < 1.29 is 4.74 Å². The number of hydrogen-bond acceptors (Lipinski definition) is 5. The van der Waals surface area contributed by atoms with Crippen molar-refractivity contribution in [3.63, 3.8) is 0 Å². The molecule has 6 nitrogen and oxygen atoms in total. The lowest BCUT2D eigenvalue weighted by Crippen LogP contribution is -2.42. The molecule has 27 heavy (non-hydrogen) atoms. The molecule has 0 aliphatic carbocycles. The maximum absolute atomic E-state index is 5.24. The average molecular weight is 503 g/mol. The number of aliphatic imine (C=N–C) groups is 1. The number of aromatic nitrogens is 1. The zero-order chi connectivity index (χ0) is 18.9. The van der Waals surface area contributed by atoms with Crippen LogP contribution >= 0.6 is 35.3 Å². The van der Waals surface area contributed by atoms with E-state index in [2.05, 4.69) is 58.7 Å². The van der Waals surface area contributed by atoms with Crippen molar-refractivity contribution in [3.05, 3.63) is 45.9 Å². The summed E-state index contributed by atoms with van der Waals surface area (Å²) in [6.45, 7) is 3.65. The molecule has 1 unspecified atom stereocenters. The van der Waals surface area contributed by atoms with Gasteiger partial charge >= 0.3 is 0 Å². The first-order chi connectivity index (χ1) is 12.5. The second-order valence-electron chi connectivity index (χ2n) is 6.25. The summed E-state index contributed by atoms with van der Waals surface area (Å²) in [5.74, 6) is 1.67. The molecule has 0 radical (unpaired) electrons. The number of thiazole rings is 1. The van der Waals surface area contributed by atoms with Crippen molar-refractivity contribution in [1.29, 1.82) is 0 Å². The number of likely N-dealkylation sites (N-methyl/N-ethyl adjacent to an activating group) is 1. The molecule has 1 heterocycles. The van der Waals surface area contributed by atoms with Gasteiger partial charge in [0.1, 0.15) is 5.75 Å². The molecule has 2 rings (SSSR count). The van der Waals surface area contributed by atoms with Crippen molar-refractivity contribution in [2.24, 2.45) is 4.99 Å². The number of methoxy groups -OCH3 is 1. The quantitative estimate of drug-likeness (QED) is 0.330. The molecule has 0 aliphatic rings. The molecule has 2 aromatic rings. The molecule has 150 valence electrons. The zero-order valence-electron chi connectivity index (χ0n) is 16.7. The molecule has 0 spiro atoms. The number of hydrogen-bond donors (Lipinski definition) is 2. The van der Waals surface area contributed by atoms with Crippen LogP contribution in [0.15, 0.2) is 35.5 Å². The van der Waals surface area contributed by atoms with Gasteiger partial charge in [0, 0.05) is 37.6 Å². The van der Waals surface area contributed by atoms with Crippen LogP contribution in [0.1, 0.15) is 21.5 Å². The van der Waals surface area contributed by atoms with E-state index in [1.54, 1.807) is 25.5 Å². The number of guanidine groups is 1. The van der Waals surface area contributed by atoms with Crippen LogP contribution in [0.3, 0.4) is 0 Å². The molecule has 0 aliphatic heterocycles. The highest BCUT2D eigenvalue weighted by Crippen LogP contribution is 2.20. The lowest BCUT2D eigenvalue weighted by atomic mass is 10.1. The van der Waals surface area contributed by atoms with E-state index in [1.807, 2.05) is 18.3 Å². The number of rotatable bonds is 8. The Kier molecular flexibility index (Phi) is 10.6.